The molecule has 20 heavy (non-hydrogen) atoms. The third-order valence-corrected chi connectivity index (χ3v) is 3.01. The molecule has 1 amide bonds. The molecule has 0 heterocycles. The Morgan fingerprint density at radius 2 is 1.55 bits per heavy atom. The summed E-state index contributed by atoms with van der Waals surface area (Å²) in [6.45, 7) is 3.48. The predicted octanol–water partition coefficient (Wildman–Crippen LogP) is 3.38. The lowest BCUT2D eigenvalue weighted by atomic mass is 10.0. The van der Waals surface area contributed by atoms with Gasteiger partial charge in [-0.05, 0) is 36.8 Å². The molecule has 0 radical (unpaired) electrons. The summed E-state index contributed by atoms with van der Waals surface area (Å²) >= 11 is 0. The second kappa shape index (κ2) is 6.15. The van der Waals surface area contributed by atoms with Gasteiger partial charge in [0.05, 0.1) is 0 Å². The van der Waals surface area contributed by atoms with E-state index in [1.807, 2.05) is 31.2 Å². The van der Waals surface area contributed by atoms with Crippen molar-refractivity contribution in [3.63, 3.8) is 0 Å². The zero-order valence-corrected chi connectivity index (χ0v) is 11.6. The van der Waals surface area contributed by atoms with Gasteiger partial charge in [0.25, 0.3) is 0 Å². The Morgan fingerprint density at radius 3 is 2.10 bits per heavy atom. The highest BCUT2D eigenvalue weighted by molar-refractivity contribution is 5.98. The average Bonchev–Trinajstić information content (AvgIpc) is 2.41. The molecular formula is C17H17NO2. The number of carbonyl (C=O) groups excluding carboxylic acids is 2. The molecule has 3 nitrogen and oxygen atoms in total. The zero-order valence-electron chi connectivity index (χ0n) is 11.6. The van der Waals surface area contributed by atoms with E-state index in [9.17, 15) is 9.59 Å². The van der Waals surface area contributed by atoms with Gasteiger partial charge in [0, 0.05) is 24.6 Å². The zero-order chi connectivity index (χ0) is 14.5. The summed E-state index contributed by atoms with van der Waals surface area (Å²) in [5.74, 6) is -0.0491. The Labute approximate surface area is 118 Å². The van der Waals surface area contributed by atoms with Gasteiger partial charge in [-0.2, -0.15) is 0 Å². The summed E-state index contributed by atoms with van der Waals surface area (Å²) in [5.41, 5.74) is 3.54. The van der Waals surface area contributed by atoms with Gasteiger partial charge < -0.3 is 5.32 Å². The first-order chi connectivity index (χ1) is 9.54. The van der Waals surface area contributed by atoms with Crippen LogP contribution in [0.15, 0.2) is 48.5 Å². The summed E-state index contributed by atoms with van der Waals surface area (Å²) in [4.78, 5) is 23.1. The summed E-state index contributed by atoms with van der Waals surface area (Å²) < 4.78 is 0. The number of ketones is 1. The van der Waals surface area contributed by atoms with Crippen molar-refractivity contribution in [2.75, 3.05) is 5.32 Å². The molecule has 2 rings (SSSR count). The van der Waals surface area contributed by atoms with Gasteiger partial charge in [0.15, 0.2) is 5.78 Å². The number of amides is 1. The number of benzene rings is 2. The Morgan fingerprint density at radius 1 is 0.950 bits per heavy atom. The van der Waals surface area contributed by atoms with E-state index in [4.69, 9.17) is 0 Å². The fourth-order valence-electron chi connectivity index (χ4n) is 1.94. The first kappa shape index (κ1) is 14.0. The van der Waals surface area contributed by atoms with Crippen LogP contribution in [0.5, 0.6) is 0 Å². The molecule has 2 aromatic rings. The maximum absolute atomic E-state index is 12.1. The second-order valence-electron chi connectivity index (χ2n) is 4.84. The summed E-state index contributed by atoms with van der Waals surface area (Å²) in [6, 6.07) is 14.9. The number of nitrogens with one attached hydrogen (secondary N) is 1. The normalized spacial score (nSPS) is 10.1. The van der Waals surface area contributed by atoms with Crippen molar-refractivity contribution in [1.29, 1.82) is 0 Å². The van der Waals surface area contributed by atoms with E-state index in [-0.39, 0.29) is 11.7 Å². The quantitative estimate of drug-likeness (QED) is 0.863. The molecule has 0 aromatic heterocycles. The molecule has 0 saturated carbocycles. The van der Waals surface area contributed by atoms with Crippen LogP contribution in [-0.4, -0.2) is 11.7 Å². The van der Waals surface area contributed by atoms with Crippen LogP contribution >= 0.6 is 0 Å². The van der Waals surface area contributed by atoms with E-state index in [1.165, 1.54) is 12.5 Å². The Balaban J connectivity index is 2.05. The highest BCUT2D eigenvalue weighted by Gasteiger charge is 2.07. The average molecular weight is 267 g/mol. The molecule has 0 aliphatic rings. The first-order valence-corrected chi connectivity index (χ1v) is 6.51. The maximum Gasteiger partial charge on any atom is 0.221 e. The molecule has 0 saturated heterocycles. The standard InChI is InChI=1S/C17H17NO2/c1-12-3-5-14(6-4-12)11-17(20)15-7-9-16(10-8-15)18-13(2)19/h3-10H,11H2,1-2H3,(H,18,19). The third kappa shape index (κ3) is 3.79. The largest absolute Gasteiger partial charge is 0.326 e. The number of anilines is 1. The van der Waals surface area contributed by atoms with E-state index < -0.39 is 0 Å². The van der Waals surface area contributed by atoms with Gasteiger partial charge in [0.1, 0.15) is 0 Å². The van der Waals surface area contributed by atoms with Crippen molar-refractivity contribution >= 4 is 17.4 Å². The van der Waals surface area contributed by atoms with E-state index in [0.717, 1.165) is 5.56 Å². The van der Waals surface area contributed by atoms with E-state index in [2.05, 4.69) is 5.32 Å². The van der Waals surface area contributed by atoms with Gasteiger partial charge in [-0.15, -0.1) is 0 Å². The van der Waals surface area contributed by atoms with Crippen molar-refractivity contribution in [2.45, 2.75) is 20.3 Å². The minimum absolute atomic E-state index is 0.0724. The number of Topliss-reactive ketones (excluding diaryl/α,β-unsaturated/α-hetero) is 1. The van der Waals surface area contributed by atoms with Gasteiger partial charge in [0.2, 0.25) is 5.91 Å². The molecule has 0 atom stereocenters. The molecule has 0 fully saturated rings. The van der Waals surface area contributed by atoms with Crippen molar-refractivity contribution in [3.8, 4) is 0 Å². The van der Waals surface area contributed by atoms with Crippen LogP contribution in [0.25, 0.3) is 0 Å². The minimum atomic E-state index is -0.122. The van der Waals surface area contributed by atoms with Gasteiger partial charge in [-0.1, -0.05) is 29.8 Å². The van der Waals surface area contributed by atoms with E-state index in [1.54, 1.807) is 24.3 Å². The topological polar surface area (TPSA) is 46.2 Å². The molecular weight excluding hydrogens is 250 g/mol. The SMILES string of the molecule is CC(=O)Nc1ccc(C(=O)Cc2ccc(C)cc2)cc1. The van der Waals surface area contributed by atoms with E-state index >= 15 is 0 Å². The number of hydrogen-bond acceptors (Lipinski definition) is 2. The fourth-order valence-corrected chi connectivity index (χ4v) is 1.94. The number of rotatable bonds is 4. The highest BCUT2D eigenvalue weighted by atomic mass is 16.1. The Hall–Kier alpha value is -2.42. The van der Waals surface area contributed by atoms with Gasteiger partial charge >= 0.3 is 0 Å². The van der Waals surface area contributed by atoms with Crippen LogP contribution in [0.3, 0.4) is 0 Å². The first-order valence-electron chi connectivity index (χ1n) is 6.51. The lowest BCUT2D eigenvalue weighted by Gasteiger charge is -2.05. The van der Waals surface area contributed by atoms with Crippen LogP contribution in [0.2, 0.25) is 0 Å². The Bertz CT molecular complexity index is 612. The molecule has 0 unspecified atom stereocenters. The molecule has 1 N–H and O–H groups in total. The smallest absolute Gasteiger partial charge is 0.221 e. The third-order valence-electron chi connectivity index (χ3n) is 3.01. The lowest BCUT2D eigenvalue weighted by Crippen LogP contribution is -2.07. The number of aryl methyl sites for hydroxylation is 1. The summed E-state index contributed by atoms with van der Waals surface area (Å²) in [5, 5.41) is 2.68. The van der Waals surface area contributed by atoms with Crippen LogP contribution < -0.4 is 5.32 Å². The highest BCUT2D eigenvalue weighted by Crippen LogP contribution is 2.13. The fraction of sp³-hybridized carbons (Fsp3) is 0.176. The minimum Gasteiger partial charge on any atom is -0.326 e. The Kier molecular flexibility index (Phi) is 4.31. The molecule has 2 aromatic carbocycles. The van der Waals surface area contributed by atoms with Crippen molar-refractivity contribution < 1.29 is 9.59 Å². The number of hydrogen-bond donors (Lipinski definition) is 1. The maximum atomic E-state index is 12.1. The number of carbonyl (C=O) groups is 2. The molecule has 3 heteroatoms. The van der Waals surface area contributed by atoms with Crippen molar-refractivity contribution in [1.82, 2.24) is 0 Å². The van der Waals surface area contributed by atoms with Crippen LogP contribution in [0, 0.1) is 6.92 Å². The molecule has 102 valence electrons. The van der Waals surface area contributed by atoms with Gasteiger partial charge in [-0.25, -0.2) is 0 Å². The molecule has 0 spiro atoms. The molecule has 0 aliphatic carbocycles. The van der Waals surface area contributed by atoms with Crippen LogP contribution in [0.1, 0.15) is 28.4 Å². The van der Waals surface area contributed by atoms with E-state index in [0.29, 0.717) is 17.7 Å². The van der Waals surface area contributed by atoms with Crippen molar-refractivity contribution in [2.24, 2.45) is 0 Å². The lowest BCUT2D eigenvalue weighted by molar-refractivity contribution is -0.114. The monoisotopic (exact) mass is 267 g/mol. The molecule has 0 bridgehead atoms. The van der Waals surface area contributed by atoms with Crippen LogP contribution in [0.4, 0.5) is 5.69 Å². The summed E-state index contributed by atoms with van der Waals surface area (Å²) in [6.07, 6.45) is 0.389. The molecule has 0 aliphatic heterocycles. The second-order valence-corrected chi connectivity index (χ2v) is 4.84. The van der Waals surface area contributed by atoms with Crippen molar-refractivity contribution in [3.05, 3.63) is 65.2 Å². The van der Waals surface area contributed by atoms with Crippen LogP contribution in [-0.2, 0) is 11.2 Å². The van der Waals surface area contributed by atoms with Gasteiger partial charge in [-0.3, -0.25) is 9.59 Å². The predicted molar refractivity (Wildman–Crippen MR) is 80.0 cm³/mol. The summed E-state index contributed by atoms with van der Waals surface area (Å²) in [7, 11) is 0.